The van der Waals surface area contributed by atoms with Crippen LogP contribution >= 0.6 is 22.9 Å². The zero-order valence-corrected chi connectivity index (χ0v) is 19.5. The molecule has 2 aliphatic rings. The first-order chi connectivity index (χ1) is 16.1. The lowest BCUT2D eigenvalue weighted by Gasteiger charge is -2.34. The maximum atomic E-state index is 13.3. The first kappa shape index (κ1) is 21.9. The molecule has 4 heterocycles. The zero-order chi connectivity index (χ0) is 22.8. The number of hydrazone groups is 1. The van der Waals surface area contributed by atoms with Gasteiger partial charge < -0.3 is 9.32 Å². The van der Waals surface area contributed by atoms with E-state index in [1.165, 1.54) is 11.3 Å². The van der Waals surface area contributed by atoms with Gasteiger partial charge in [-0.1, -0.05) is 29.8 Å². The Balaban J connectivity index is 1.26. The van der Waals surface area contributed by atoms with Crippen LogP contribution < -0.4 is 0 Å². The Morgan fingerprint density at radius 3 is 2.52 bits per heavy atom. The van der Waals surface area contributed by atoms with Crippen LogP contribution in [0, 0.1) is 0 Å². The highest BCUT2D eigenvalue weighted by molar-refractivity contribution is 7.12. The van der Waals surface area contributed by atoms with Gasteiger partial charge in [0.15, 0.2) is 0 Å². The minimum Gasteiger partial charge on any atom is -0.467 e. The monoisotopic (exact) mass is 482 g/mol. The third-order valence-corrected chi connectivity index (χ3v) is 7.08. The highest BCUT2D eigenvalue weighted by Gasteiger charge is 2.36. The van der Waals surface area contributed by atoms with Gasteiger partial charge in [0.25, 0.3) is 11.8 Å². The van der Waals surface area contributed by atoms with Crippen molar-refractivity contribution in [2.45, 2.75) is 12.5 Å². The fourth-order valence-electron chi connectivity index (χ4n) is 4.19. The van der Waals surface area contributed by atoms with Crippen LogP contribution in [0.2, 0.25) is 5.02 Å². The number of furan rings is 1. The van der Waals surface area contributed by atoms with Gasteiger partial charge in [0.2, 0.25) is 0 Å². The largest absolute Gasteiger partial charge is 0.467 e. The van der Waals surface area contributed by atoms with Gasteiger partial charge in [-0.2, -0.15) is 5.10 Å². The van der Waals surface area contributed by atoms with E-state index >= 15 is 0 Å². The van der Waals surface area contributed by atoms with Crippen molar-refractivity contribution in [1.82, 2.24) is 14.8 Å². The SMILES string of the molecule is O=C(c1cccs1)N1CCN(CC(=O)N2N=C(c3ccc(Cl)cc3)CC2c2ccco2)CC1. The third-order valence-electron chi connectivity index (χ3n) is 5.97. The summed E-state index contributed by atoms with van der Waals surface area (Å²) in [5, 5.41) is 8.79. The van der Waals surface area contributed by atoms with E-state index in [-0.39, 0.29) is 24.4 Å². The molecule has 9 heteroatoms. The average Bonchev–Trinajstić information content (AvgIpc) is 3.61. The summed E-state index contributed by atoms with van der Waals surface area (Å²) < 4.78 is 5.62. The van der Waals surface area contributed by atoms with E-state index in [1.54, 1.807) is 11.3 Å². The lowest BCUT2D eigenvalue weighted by atomic mass is 10.0. The molecule has 0 aliphatic carbocycles. The van der Waals surface area contributed by atoms with Crippen molar-refractivity contribution in [3.8, 4) is 0 Å². The Hall–Kier alpha value is -2.94. The maximum absolute atomic E-state index is 13.3. The molecule has 33 heavy (non-hydrogen) atoms. The second-order valence-electron chi connectivity index (χ2n) is 8.07. The van der Waals surface area contributed by atoms with Gasteiger partial charge in [-0.15, -0.1) is 11.3 Å². The molecule has 0 radical (unpaired) electrons. The first-order valence-corrected chi connectivity index (χ1v) is 12.1. The van der Waals surface area contributed by atoms with Crippen LogP contribution in [0.15, 0.2) is 69.7 Å². The van der Waals surface area contributed by atoms with Gasteiger partial charge in [0, 0.05) is 37.6 Å². The minimum atomic E-state index is -0.278. The molecule has 3 aromatic rings. The van der Waals surface area contributed by atoms with Crippen LogP contribution in [0.4, 0.5) is 0 Å². The molecule has 1 saturated heterocycles. The van der Waals surface area contributed by atoms with Crippen molar-refractivity contribution in [3.63, 3.8) is 0 Å². The van der Waals surface area contributed by atoms with Gasteiger partial charge in [0.05, 0.1) is 23.4 Å². The molecule has 5 rings (SSSR count). The molecule has 1 fully saturated rings. The summed E-state index contributed by atoms with van der Waals surface area (Å²) in [5.74, 6) is 0.687. The molecule has 1 atom stereocenters. The summed E-state index contributed by atoms with van der Waals surface area (Å²) in [6, 6.07) is 14.6. The second-order valence-corrected chi connectivity index (χ2v) is 9.46. The van der Waals surface area contributed by atoms with Crippen LogP contribution in [-0.2, 0) is 4.79 Å². The highest BCUT2D eigenvalue weighted by atomic mass is 35.5. The Morgan fingerprint density at radius 2 is 1.85 bits per heavy atom. The van der Waals surface area contributed by atoms with Gasteiger partial charge >= 0.3 is 0 Å². The number of hydrogen-bond acceptors (Lipinski definition) is 6. The number of carbonyl (C=O) groups excluding carboxylic acids is 2. The Bertz CT molecular complexity index is 1140. The summed E-state index contributed by atoms with van der Waals surface area (Å²) in [7, 11) is 0. The van der Waals surface area contributed by atoms with Crippen molar-refractivity contribution in [1.29, 1.82) is 0 Å². The fourth-order valence-corrected chi connectivity index (χ4v) is 5.01. The van der Waals surface area contributed by atoms with Crippen LogP contribution in [-0.4, -0.2) is 65.1 Å². The summed E-state index contributed by atoms with van der Waals surface area (Å²) in [6.45, 7) is 2.75. The van der Waals surface area contributed by atoms with Crippen molar-refractivity contribution in [2.24, 2.45) is 5.10 Å². The number of rotatable bonds is 5. The van der Waals surface area contributed by atoms with E-state index in [9.17, 15) is 9.59 Å². The molecule has 1 unspecified atom stereocenters. The smallest absolute Gasteiger partial charge is 0.264 e. The Morgan fingerprint density at radius 1 is 1.06 bits per heavy atom. The number of thiophene rings is 1. The van der Waals surface area contributed by atoms with Crippen molar-refractivity contribution in [2.75, 3.05) is 32.7 Å². The minimum absolute atomic E-state index is 0.0607. The quantitative estimate of drug-likeness (QED) is 0.548. The summed E-state index contributed by atoms with van der Waals surface area (Å²) in [4.78, 5) is 30.5. The van der Waals surface area contributed by atoms with Crippen LogP contribution in [0.25, 0.3) is 0 Å². The van der Waals surface area contributed by atoms with Crippen LogP contribution in [0.5, 0.6) is 0 Å². The van der Waals surface area contributed by atoms with E-state index in [4.69, 9.17) is 16.0 Å². The van der Waals surface area contributed by atoms with E-state index in [2.05, 4.69) is 10.0 Å². The van der Waals surface area contributed by atoms with E-state index in [1.807, 2.05) is 58.8 Å². The zero-order valence-electron chi connectivity index (χ0n) is 17.9. The topological polar surface area (TPSA) is 69.4 Å². The molecule has 0 spiro atoms. The van der Waals surface area contributed by atoms with Crippen LogP contribution in [0.3, 0.4) is 0 Å². The molecular weight excluding hydrogens is 460 g/mol. The number of piperazine rings is 1. The molecule has 0 saturated carbocycles. The lowest BCUT2D eigenvalue weighted by Crippen LogP contribution is -2.51. The van der Waals surface area contributed by atoms with Gasteiger partial charge in [0.1, 0.15) is 11.8 Å². The molecule has 0 N–H and O–H groups in total. The molecule has 2 aliphatic heterocycles. The van der Waals surface area contributed by atoms with Gasteiger partial charge in [-0.05, 0) is 41.3 Å². The van der Waals surface area contributed by atoms with Gasteiger partial charge in [-0.25, -0.2) is 5.01 Å². The summed E-state index contributed by atoms with van der Waals surface area (Å²) >= 11 is 7.48. The number of nitrogens with zero attached hydrogens (tertiary/aromatic N) is 4. The van der Waals surface area contributed by atoms with Crippen LogP contribution in [0.1, 0.15) is 33.5 Å². The van der Waals surface area contributed by atoms with E-state index in [0.717, 1.165) is 16.2 Å². The van der Waals surface area contributed by atoms with E-state index in [0.29, 0.717) is 43.4 Å². The van der Waals surface area contributed by atoms with Gasteiger partial charge in [-0.3, -0.25) is 14.5 Å². The maximum Gasteiger partial charge on any atom is 0.264 e. The molecule has 0 bridgehead atoms. The lowest BCUT2D eigenvalue weighted by molar-refractivity contribution is -0.134. The predicted octanol–water partition coefficient (Wildman–Crippen LogP) is 4.13. The number of benzene rings is 1. The number of amides is 2. The number of carbonyl (C=O) groups is 2. The van der Waals surface area contributed by atoms with Crippen molar-refractivity contribution >= 4 is 40.5 Å². The molecule has 170 valence electrons. The molecular formula is C24H23ClN4O3S. The molecule has 2 amide bonds. The molecule has 7 nitrogen and oxygen atoms in total. The fraction of sp³-hybridized carbons (Fsp3) is 0.292. The number of hydrogen-bond donors (Lipinski definition) is 0. The molecule has 2 aromatic heterocycles. The Labute approximate surface area is 200 Å². The standard InChI is InChI=1S/C24H23ClN4O3S/c25-18-7-5-17(6-8-18)19-15-20(21-3-1-13-32-21)29(26-19)23(30)16-27-9-11-28(12-10-27)24(31)22-4-2-14-33-22/h1-8,13-14,20H,9-12,15-16H2. The first-order valence-electron chi connectivity index (χ1n) is 10.8. The van der Waals surface area contributed by atoms with Crippen molar-refractivity contribution in [3.05, 3.63) is 81.4 Å². The summed E-state index contributed by atoms with van der Waals surface area (Å²) in [5.41, 5.74) is 1.76. The summed E-state index contributed by atoms with van der Waals surface area (Å²) in [6.07, 6.45) is 2.19. The highest BCUT2D eigenvalue weighted by Crippen LogP contribution is 2.33. The van der Waals surface area contributed by atoms with Crippen molar-refractivity contribution < 1.29 is 14.0 Å². The van der Waals surface area contributed by atoms with E-state index < -0.39 is 0 Å². The average molecular weight is 483 g/mol. The normalized spacial score (nSPS) is 19.1. The third kappa shape index (κ3) is 4.73. The second kappa shape index (κ2) is 9.51. The predicted molar refractivity (Wildman–Crippen MR) is 128 cm³/mol. The Kier molecular flexibility index (Phi) is 6.30. The number of halogens is 1. The molecule has 1 aromatic carbocycles.